The van der Waals surface area contributed by atoms with Gasteiger partial charge in [-0.3, -0.25) is 24.6 Å². The summed E-state index contributed by atoms with van der Waals surface area (Å²) in [4.78, 5) is 47.0. The van der Waals surface area contributed by atoms with Gasteiger partial charge in [-0.1, -0.05) is 6.92 Å². The van der Waals surface area contributed by atoms with E-state index in [1.54, 1.807) is 6.92 Å². The Morgan fingerprint density at radius 2 is 2.00 bits per heavy atom. The van der Waals surface area contributed by atoms with Crippen molar-refractivity contribution < 1.29 is 33.4 Å². The standard InChI is InChI=1S/C14H20N2O7/c1-7-5-16(14(20)15-13(7)19)12-4-10(22-9(3)18)11(23-12)6-21-8(2)17/h7,10-12H,4-6H2,1-3H3,(H,15,19,20)/t7?,10-,11?,12-/m1/s1. The predicted octanol–water partition coefficient (Wildman–Crippen LogP) is -0.216. The molecule has 4 atom stereocenters. The van der Waals surface area contributed by atoms with Crippen LogP contribution in [0.2, 0.25) is 0 Å². The number of hydrogen-bond acceptors (Lipinski definition) is 7. The number of carbonyl (C=O) groups excluding carboxylic acids is 4. The van der Waals surface area contributed by atoms with Crippen LogP contribution in [0.5, 0.6) is 0 Å². The van der Waals surface area contributed by atoms with Gasteiger partial charge in [-0.05, 0) is 0 Å². The minimum absolute atomic E-state index is 0.0757. The predicted molar refractivity (Wildman–Crippen MR) is 74.9 cm³/mol. The van der Waals surface area contributed by atoms with Crippen molar-refractivity contribution in [2.75, 3.05) is 13.2 Å². The minimum Gasteiger partial charge on any atom is -0.463 e. The van der Waals surface area contributed by atoms with Crippen molar-refractivity contribution >= 4 is 23.9 Å². The number of carbonyl (C=O) groups is 4. The van der Waals surface area contributed by atoms with Gasteiger partial charge in [0.05, 0.1) is 5.92 Å². The summed E-state index contributed by atoms with van der Waals surface area (Å²) in [5, 5.41) is 2.25. The fourth-order valence-electron chi connectivity index (χ4n) is 2.59. The van der Waals surface area contributed by atoms with E-state index in [9.17, 15) is 19.2 Å². The molecular weight excluding hydrogens is 308 g/mol. The number of imide groups is 1. The van der Waals surface area contributed by atoms with E-state index in [1.165, 1.54) is 18.7 Å². The molecule has 0 radical (unpaired) electrons. The van der Waals surface area contributed by atoms with Crippen LogP contribution in [-0.2, 0) is 28.6 Å². The minimum atomic E-state index is -0.659. The second kappa shape index (κ2) is 6.95. The van der Waals surface area contributed by atoms with Crippen LogP contribution in [0.15, 0.2) is 0 Å². The SMILES string of the molecule is CC(=O)OCC1O[C@@H](N2CC(C)C(=O)NC2=O)C[C@H]1OC(C)=O. The maximum absolute atomic E-state index is 12.0. The van der Waals surface area contributed by atoms with Crippen molar-refractivity contribution in [1.29, 1.82) is 0 Å². The highest BCUT2D eigenvalue weighted by Gasteiger charge is 2.44. The summed E-state index contributed by atoms with van der Waals surface area (Å²) in [5.74, 6) is -1.67. The third-order valence-electron chi connectivity index (χ3n) is 3.71. The first-order chi connectivity index (χ1) is 10.8. The lowest BCUT2D eigenvalue weighted by Gasteiger charge is -2.34. The molecule has 128 valence electrons. The van der Waals surface area contributed by atoms with E-state index in [0.29, 0.717) is 0 Å². The Morgan fingerprint density at radius 3 is 2.61 bits per heavy atom. The van der Waals surface area contributed by atoms with Crippen LogP contribution in [0.25, 0.3) is 0 Å². The summed E-state index contributed by atoms with van der Waals surface area (Å²) in [5.41, 5.74) is 0. The summed E-state index contributed by atoms with van der Waals surface area (Å²) in [6.45, 7) is 4.36. The molecule has 0 aromatic carbocycles. The van der Waals surface area contributed by atoms with Gasteiger partial charge in [0.2, 0.25) is 5.91 Å². The van der Waals surface area contributed by atoms with Crippen LogP contribution < -0.4 is 5.32 Å². The highest BCUT2D eigenvalue weighted by atomic mass is 16.6. The number of nitrogens with zero attached hydrogens (tertiary/aromatic N) is 1. The van der Waals surface area contributed by atoms with Crippen LogP contribution in [0, 0.1) is 5.92 Å². The Balaban J connectivity index is 2.05. The molecule has 9 heteroatoms. The summed E-state index contributed by atoms with van der Waals surface area (Å²) in [6.07, 6.45) is -1.69. The Morgan fingerprint density at radius 1 is 1.30 bits per heavy atom. The average molecular weight is 328 g/mol. The van der Waals surface area contributed by atoms with Crippen molar-refractivity contribution in [3.63, 3.8) is 0 Å². The van der Waals surface area contributed by atoms with Crippen molar-refractivity contribution in [2.24, 2.45) is 5.92 Å². The number of amides is 3. The quantitative estimate of drug-likeness (QED) is 0.710. The molecule has 2 unspecified atom stereocenters. The third kappa shape index (κ3) is 4.19. The van der Waals surface area contributed by atoms with Gasteiger partial charge in [-0.2, -0.15) is 0 Å². The van der Waals surface area contributed by atoms with Crippen LogP contribution in [-0.4, -0.2) is 60.4 Å². The van der Waals surface area contributed by atoms with Crippen molar-refractivity contribution in [3.8, 4) is 0 Å². The smallest absolute Gasteiger partial charge is 0.326 e. The van der Waals surface area contributed by atoms with Crippen molar-refractivity contribution in [3.05, 3.63) is 0 Å². The van der Waals surface area contributed by atoms with Gasteiger partial charge < -0.3 is 14.2 Å². The van der Waals surface area contributed by atoms with E-state index in [4.69, 9.17) is 14.2 Å². The van der Waals surface area contributed by atoms with Gasteiger partial charge in [0.15, 0.2) is 0 Å². The lowest BCUT2D eigenvalue weighted by atomic mass is 10.1. The number of esters is 2. The molecule has 2 saturated heterocycles. The molecule has 0 aliphatic carbocycles. The van der Waals surface area contributed by atoms with Crippen LogP contribution in [0.4, 0.5) is 4.79 Å². The molecular formula is C14H20N2O7. The zero-order valence-corrected chi connectivity index (χ0v) is 13.2. The number of rotatable bonds is 4. The normalized spacial score (nSPS) is 30.8. The molecule has 0 aromatic rings. The first-order valence-electron chi connectivity index (χ1n) is 7.35. The van der Waals surface area contributed by atoms with Gasteiger partial charge in [0, 0.05) is 26.8 Å². The highest BCUT2D eigenvalue weighted by Crippen LogP contribution is 2.28. The van der Waals surface area contributed by atoms with Gasteiger partial charge in [-0.15, -0.1) is 0 Å². The number of urea groups is 1. The topological polar surface area (TPSA) is 111 Å². The largest absolute Gasteiger partial charge is 0.463 e. The van der Waals surface area contributed by atoms with Gasteiger partial charge in [0.1, 0.15) is 25.0 Å². The molecule has 2 aliphatic heterocycles. The lowest BCUT2D eigenvalue weighted by molar-refractivity contribution is -0.156. The Labute approximate surface area is 133 Å². The van der Waals surface area contributed by atoms with E-state index < -0.39 is 36.4 Å². The maximum Gasteiger partial charge on any atom is 0.326 e. The fraction of sp³-hybridized carbons (Fsp3) is 0.714. The molecule has 1 N–H and O–H groups in total. The molecule has 2 aliphatic rings. The molecule has 9 nitrogen and oxygen atoms in total. The molecule has 23 heavy (non-hydrogen) atoms. The first kappa shape index (κ1) is 17.2. The summed E-state index contributed by atoms with van der Waals surface area (Å²) in [7, 11) is 0. The van der Waals surface area contributed by atoms with E-state index in [0.717, 1.165) is 0 Å². The highest BCUT2D eigenvalue weighted by molar-refractivity contribution is 5.97. The first-order valence-corrected chi connectivity index (χ1v) is 7.35. The van der Waals surface area contributed by atoms with Gasteiger partial charge >= 0.3 is 18.0 Å². The van der Waals surface area contributed by atoms with Crippen LogP contribution in [0.1, 0.15) is 27.2 Å². The fourth-order valence-corrected chi connectivity index (χ4v) is 2.59. The monoisotopic (exact) mass is 328 g/mol. The third-order valence-corrected chi connectivity index (χ3v) is 3.71. The average Bonchev–Trinajstić information content (AvgIpc) is 2.82. The zero-order valence-electron chi connectivity index (χ0n) is 13.2. The summed E-state index contributed by atoms with van der Waals surface area (Å²) in [6, 6.07) is -0.548. The number of nitrogens with one attached hydrogen (secondary N) is 1. The van der Waals surface area contributed by atoms with Gasteiger partial charge in [-0.25, -0.2) is 4.79 Å². The molecule has 0 saturated carbocycles. The molecule has 0 spiro atoms. The summed E-state index contributed by atoms with van der Waals surface area (Å²) >= 11 is 0. The van der Waals surface area contributed by atoms with E-state index in [1.807, 2.05) is 0 Å². The molecule has 0 aromatic heterocycles. The van der Waals surface area contributed by atoms with Crippen LogP contribution in [0.3, 0.4) is 0 Å². The zero-order chi connectivity index (χ0) is 17.1. The summed E-state index contributed by atoms with van der Waals surface area (Å²) < 4.78 is 15.8. The van der Waals surface area contributed by atoms with Crippen LogP contribution >= 0.6 is 0 Å². The van der Waals surface area contributed by atoms with E-state index >= 15 is 0 Å². The molecule has 2 rings (SSSR count). The van der Waals surface area contributed by atoms with E-state index in [2.05, 4.69) is 5.32 Å². The Bertz CT molecular complexity index is 521. The second-order valence-electron chi connectivity index (χ2n) is 5.66. The molecule has 2 fully saturated rings. The lowest BCUT2D eigenvalue weighted by Crippen LogP contribution is -2.57. The molecule has 2 heterocycles. The van der Waals surface area contributed by atoms with Gasteiger partial charge in [0.25, 0.3) is 0 Å². The Kier molecular flexibility index (Phi) is 5.19. The van der Waals surface area contributed by atoms with Crippen molar-refractivity contribution in [2.45, 2.75) is 45.6 Å². The number of ether oxygens (including phenoxy) is 3. The maximum atomic E-state index is 12.0. The van der Waals surface area contributed by atoms with Crippen molar-refractivity contribution in [1.82, 2.24) is 10.2 Å². The molecule has 0 bridgehead atoms. The Hall–Kier alpha value is -2.16. The van der Waals surface area contributed by atoms with E-state index in [-0.39, 0.29) is 31.4 Å². The number of hydrogen-bond donors (Lipinski definition) is 1. The second-order valence-corrected chi connectivity index (χ2v) is 5.66. The molecule has 3 amide bonds.